The molecule has 116 valence electrons. The highest BCUT2D eigenvalue weighted by atomic mass is 16.3. The Morgan fingerprint density at radius 3 is 2.86 bits per heavy atom. The van der Waals surface area contributed by atoms with E-state index in [-0.39, 0.29) is 6.10 Å². The Labute approximate surface area is 127 Å². The van der Waals surface area contributed by atoms with Gasteiger partial charge in [0.1, 0.15) is 0 Å². The number of aliphatic hydroxyl groups excluding tert-OH is 1. The lowest BCUT2D eigenvalue weighted by atomic mass is 9.97. The quantitative estimate of drug-likeness (QED) is 0.879. The maximum absolute atomic E-state index is 10.5. The van der Waals surface area contributed by atoms with Gasteiger partial charge in [0.15, 0.2) is 0 Å². The molecule has 4 heteroatoms. The molecule has 1 saturated heterocycles. The molecule has 0 aromatic heterocycles. The molecule has 2 aliphatic heterocycles. The molecule has 0 spiro atoms. The van der Waals surface area contributed by atoms with Gasteiger partial charge in [0.05, 0.1) is 6.10 Å². The van der Waals surface area contributed by atoms with Gasteiger partial charge in [-0.1, -0.05) is 12.1 Å². The standard InChI is InChI=1S/C17H27N3O/c1-19-9-2-3-14-4-5-15(13-16(14)19)17(21)6-10-20-11-7-18-8-12-20/h4-5,13,17-18,21H,2-3,6-12H2,1H3. The van der Waals surface area contributed by atoms with E-state index in [0.29, 0.717) is 0 Å². The smallest absolute Gasteiger partial charge is 0.0803 e. The van der Waals surface area contributed by atoms with Crippen molar-refractivity contribution in [3.05, 3.63) is 29.3 Å². The third-order valence-corrected chi connectivity index (χ3v) is 4.77. The predicted molar refractivity (Wildman–Crippen MR) is 86.9 cm³/mol. The van der Waals surface area contributed by atoms with Gasteiger partial charge < -0.3 is 20.2 Å². The first-order valence-corrected chi connectivity index (χ1v) is 8.19. The molecule has 2 N–H and O–H groups in total. The first-order valence-electron chi connectivity index (χ1n) is 8.19. The molecule has 1 fully saturated rings. The molecule has 4 nitrogen and oxygen atoms in total. The molecule has 1 aromatic carbocycles. The van der Waals surface area contributed by atoms with E-state index in [1.807, 2.05) is 0 Å². The van der Waals surface area contributed by atoms with Crippen LogP contribution in [0.25, 0.3) is 0 Å². The summed E-state index contributed by atoms with van der Waals surface area (Å²) in [6.45, 7) is 6.43. The number of aliphatic hydroxyl groups is 1. The molecule has 21 heavy (non-hydrogen) atoms. The molecule has 3 rings (SSSR count). The number of nitrogens with zero attached hydrogens (tertiary/aromatic N) is 2. The van der Waals surface area contributed by atoms with Gasteiger partial charge in [0.25, 0.3) is 0 Å². The van der Waals surface area contributed by atoms with E-state index in [0.717, 1.165) is 57.7 Å². The summed E-state index contributed by atoms with van der Waals surface area (Å²) in [5.41, 5.74) is 3.79. The summed E-state index contributed by atoms with van der Waals surface area (Å²) in [6.07, 6.45) is 2.87. The number of piperazine rings is 1. The molecule has 0 aliphatic carbocycles. The summed E-state index contributed by atoms with van der Waals surface area (Å²) >= 11 is 0. The zero-order chi connectivity index (χ0) is 14.7. The van der Waals surface area contributed by atoms with E-state index >= 15 is 0 Å². The van der Waals surface area contributed by atoms with Gasteiger partial charge >= 0.3 is 0 Å². The fourth-order valence-corrected chi connectivity index (χ4v) is 3.39. The Bertz CT molecular complexity index is 471. The van der Waals surface area contributed by atoms with Gasteiger partial charge in [-0.2, -0.15) is 0 Å². The molecule has 0 amide bonds. The van der Waals surface area contributed by atoms with Crippen molar-refractivity contribution in [3.63, 3.8) is 0 Å². The Balaban J connectivity index is 1.61. The maximum Gasteiger partial charge on any atom is 0.0803 e. The highest BCUT2D eigenvalue weighted by Crippen LogP contribution is 2.30. The highest BCUT2D eigenvalue weighted by Gasteiger charge is 2.17. The second-order valence-corrected chi connectivity index (χ2v) is 6.31. The minimum absolute atomic E-state index is 0.347. The predicted octanol–water partition coefficient (Wildman–Crippen LogP) is 1.40. The lowest BCUT2D eigenvalue weighted by molar-refractivity contribution is 0.136. The van der Waals surface area contributed by atoms with Gasteiger partial charge in [-0.15, -0.1) is 0 Å². The highest BCUT2D eigenvalue weighted by molar-refractivity contribution is 5.57. The van der Waals surface area contributed by atoms with E-state index < -0.39 is 0 Å². The van der Waals surface area contributed by atoms with E-state index in [9.17, 15) is 5.11 Å². The van der Waals surface area contributed by atoms with Crippen LogP contribution < -0.4 is 10.2 Å². The third-order valence-electron chi connectivity index (χ3n) is 4.77. The van der Waals surface area contributed by atoms with E-state index in [4.69, 9.17) is 0 Å². The Morgan fingerprint density at radius 2 is 2.05 bits per heavy atom. The number of hydrogen-bond acceptors (Lipinski definition) is 4. The van der Waals surface area contributed by atoms with E-state index in [2.05, 4.69) is 40.4 Å². The average molecular weight is 289 g/mol. The average Bonchev–Trinajstić information content (AvgIpc) is 2.54. The number of aryl methyl sites for hydroxylation is 1. The van der Waals surface area contributed by atoms with E-state index in [1.165, 1.54) is 17.7 Å². The van der Waals surface area contributed by atoms with Crippen molar-refractivity contribution in [2.45, 2.75) is 25.4 Å². The van der Waals surface area contributed by atoms with Crippen LogP contribution in [0.15, 0.2) is 18.2 Å². The molecule has 1 aromatic rings. The van der Waals surface area contributed by atoms with Crippen LogP contribution in [0.2, 0.25) is 0 Å². The Hall–Kier alpha value is -1.10. The van der Waals surface area contributed by atoms with Crippen LogP contribution in [0.3, 0.4) is 0 Å². The van der Waals surface area contributed by atoms with Crippen molar-refractivity contribution in [1.82, 2.24) is 10.2 Å². The van der Waals surface area contributed by atoms with Crippen LogP contribution >= 0.6 is 0 Å². The zero-order valence-electron chi connectivity index (χ0n) is 13.0. The molecule has 0 radical (unpaired) electrons. The summed E-state index contributed by atoms with van der Waals surface area (Å²) < 4.78 is 0. The largest absolute Gasteiger partial charge is 0.388 e. The summed E-state index contributed by atoms with van der Waals surface area (Å²) in [7, 11) is 2.15. The van der Waals surface area contributed by atoms with Crippen molar-refractivity contribution >= 4 is 5.69 Å². The topological polar surface area (TPSA) is 38.7 Å². The maximum atomic E-state index is 10.5. The minimum atomic E-state index is -0.347. The van der Waals surface area contributed by atoms with Crippen molar-refractivity contribution in [2.75, 3.05) is 51.2 Å². The number of fused-ring (bicyclic) bond motifs is 1. The van der Waals surface area contributed by atoms with Gasteiger partial charge in [0.2, 0.25) is 0 Å². The van der Waals surface area contributed by atoms with Crippen LogP contribution in [0.4, 0.5) is 5.69 Å². The number of rotatable bonds is 4. The van der Waals surface area contributed by atoms with Crippen molar-refractivity contribution in [3.8, 4) is 0 Å². The lowest BCUT2D eigenvalue weighted by Gasteiger charge is -2.29. The van der Waals surface area contributed by atoms with Crippen molar-refractivity contribution in [2.24, 2.45) is 0 Å². The second kappa shape index (κ2) is 6.77. The van der Waals surface area contributed by atoms with Crippen molar-refractivity contribution < 1.29 is 5.11 Å². The number of benzene rings is 1. The van der Waals surface area contributed by atoms with Gasteiger partial charge in [-0.3, -0.25) is 0 Å². The Morgan fingerprint density at radius 1 is 1.24 bits per heavy atom. The summed E-state index contributed by atoms with van der Waals surface area (Å²) in [5.74, 6) is 0. The first-order chi connectivity index (χ1) is 10.2. The summed E-state index contributed by atoms with van der Waals surface area (Å²) in [5, 5.41) is 13.8. The molecule has 0 saturated carbocycles. The Kier molecular flexibility index (Phi) is 4.78. The minimum Gasteiger partial charge on any atom is -0.388 e. The summed E-state index contributed by atoms with van der Waals surface area (Å²) in [6, 6.07) is 6.51. The molecule has 2 heterocycles. The van der Waals surface area contributed by atoms with Gasteiger partial charge in [-0.05, 0) is 36.5 Å². The fourth-order valence-electron chi connectivity index (χ4n) is 3.39. The van der Waals surface area contributed by atoms with Gasteiger partial charge in [0, 0.05) is 52.0 Å². The summed E-state index contributed by atoms with van der Waals surface area (Å²) in [4.78, 5) is 4.75. The van der Waals surface area contributed by atoms with Gasteiger partial charge in [-0.25, -0.2) is 0 Å². The monoisotopic (exact) mass is 289 g/mol. The van der Waals surface area contributed by atoms with Crippen LogP contribution in [-0.2, 0) is 6.42 Å². The van der Waals surface area contributed by atoms with E-state index in [1.54, 1.807) is 0 Å². The first kappa shape index (κ1) is 14.8. The molecular formula is C17H27N3O. The van der Waals surface area contributed by atoms with Crippen LogP contribution in [0, 0.1) is 0 Å². The molecule has 1 unspecified atom stereocenters. The molecule has 0 bridgehead atoms. The molecular weight excluding hydrogens is 262 g/mol. The number of hydrogen-bond donors (Lipinski definition) is 2. The normalized spacial score (nSPS) is 21.1. The third kappa shape index (κ3) is 3.57. The number of nitrogens with one attached hydrogen (secondary N) is 1. The lowest BCUT2D eigenvalue weighted by Crippen LogP contribution is -2.44. The van der Waals surface area contributed by atoms with Crippen molar-refractivity contribution in [1.29, 1.82) is 0 Å². The molecule has 1 atom stereocenters. The second-order valence-electron chi connectivity index (χ2n) is 6.31. The van der Waals surface area contributed by atoms with Crippen LogP contribution in [-0.4, -0.2) is 56.3 Å². The van der Waals surface area contributed by atoms with Crippen LogP contribution in [0.1, 0.15) is 30.1 Å². The SMILES string of the molecule is CN1CCCc2ccc(C(O)CCN3CCNCC3)cc21. The molecule has 2 aliphatic rings. The fraction of sp³-hybridized carbons (Fsp3) is 0.647. The van der Waals surface area contributed by atoms with Crippen LogP contribution in [0.5, 0.6) is 0 Å². The number of anilines is 1. The zero-order valence-corrected chi connectivity index (χ0v) is 13.0.